The second-order valence-electron chi connectivity index (χ2n) is 4.46. The summed E-state index contributed by atoms with van der Waals surface area (Å²) < 4.78 is 13.5. The minimum atomic E-state index is -0.247. The van der Waals surface area contributed by atoms with E-state index in [-0.39, 0.29) is 18.1 Å². The van der Waals surface area contributed by atoms with E-state index < -0.39 is 0 Å². The summed E-state index contributed by atoms with van der Waals surface area (Å²) in [4.78, 5) is 15.5. The molecule has 21 heavy (non-hydrogen) atoms. The van der Waals surface area contributed by atoms with E-state index >= 15 is 0 Å². The standard InChI is InChI=1S/C15H17FN4O/c16-13-4-2-1-3-11(13)9-18-12-5-6-14(19-10-12)20-15(21)7-8-17/h1-6,10,18H,7-9,17H2,(H,19,20,21). The van der Waals surface area contributed by atoms with Gasteiger partial charge in [-0.2, -0.15) is 0 Å². The molecule has 110 valence electrons. The molecule has 0 aliphatic carbocycles. The number of benzene rings is 1. The molecule has 0 aliphatic rings. The second kappa shape index (κ2) is 7.35. The fraction of sp³-hybridized carbons (Fsp3) is 0.200. The Morgan fingerprint density at radius 2 is 2.05 bits per heavy atom. The Bertz CT molecular complexity index is 601. The van der Waals surface area contributed by atoms with Crippen molar-refractivity contribution in [3.05, 3.63) is 54.0 Å². The number of hydrogen-bond acceptors (Lipinski definition) is 4. The molecule has 0 atom stereocenters. The molecule has 6 heteroatoms. The van der Waals surface area contributed by atoms with E-state index in [2.05, 4.69) is 15.6 Å². The number of hydrogen-bond donors (Lipinski definition) is 3. The lowest BCUT2D eigenvalue weighted by molar-refractivity contribution is -0.116. The van der Waals surface area contributed by atoms with Crippen molar-refractivity contribution in [2.75, 3.05) is 17.2 Å². The minimum absolute atomic E-state index is 0.169. The zero-order chi connectivity index (χ0) is 15.1. The van der Waals surface area contributed by atoms with Crippen molar-refractivity contribution in [1.29, 1.82) is 0 Å². The summed E-state index contributed by atoms with van der Waals surface area (Å²) in [5.41, 5.74) is 6.62. The molecule has 1 heterocycles. The topological polar surface area (TPSA) is 80.0 Å². The van der Waals surface area contributed by atoms with Gasteiger partial charge in [0.15, 0.2) is 0 Å². The number of rotatable bonds is 6. The number of nitrogens with two attached hydrogens (primary N) is 1. The average molecular weight is 288 g/mol. The lowest BCUT2D eigenvalue weighted by Gasteiger charge is -2.08. The molecule has 1 amide bonds. The van der Waals surface area contributed by atoms with Gasteiger partial charge in [0, 0.05) is 25.1 Å². The molecule has 5 nitrogen and oxygen atoms in total. The molecular weight excluding hydrogens is 271 g/mol. The van der Waals surface area contributed by atoms with Crippen LogP contribution in [0.1, 0.15) is 12.0 Å². The fourth-order valence-corrected chi connectivity index (χ4v) is 1.75. The van der Waals surface area contributed by atoms with Crippen molar-refractivity contribution in [1.82, 2.24) is 4.98 Å². The molecule has 2 rings (SSSR count). The molecule has 0 saturated heterocycles. The molecule has 0 fully saturated rings. The lowest BCUT2D eigenvalue weighted by Crippen LogP contribution is -2.16. The SMILES string of the molecule is NCCC(=O)Nc1ccc(NCc2ccccc2F)cn1. The van der Waals surface area contributed by atoms with Crippen LogP contribution in [0.4, 0.5) is 15.9 Å². The van der Waals surface area contributed by atoms with E-state index in [1.807, 2.05) is 0 Å². The van der Waals surface area contributed by atoms with E-state index in [4.69, 9.17) is 5.73 Å². The molecular formula is C15H17FN4O. The quantitative estimate of drug-likeness (QED) is 0.760. The molecule has 1 aromatic heterocycles. The van der Waals surface area contributed by atoms with Crippen molar-refractivity contribution in [3.8, 4) is 0 Å². The Kier molecular flexibility index (Phi) is 5.22. The Balaban J connectivity index is 1.91. The molecule has 2 aromatic rings. The van der Waals surface area contributed by atoms with E-state index in [1.54, 1.807) is 36.5 Å². The third-order valence-corrected chi connectivity index (χ3v) is 2.84. The van der Waals surface area contributed by atoms with Crippen molar-refractivity contribution in [2.24, 2.45) is 5.73 Å². The summed E-state index contributed by atoms with van der Waals surface area (Å²) in [7, 11) is 0. The van der Waals surface area contributed by atoms with Crippen LogP contribution in [0.2, 0.25) is 0 Å². The molecule has 0 bridgehead atoms. The van der Waals surface area contributed by atoms with Crippen LogP contribution in [0, 0.1) is 5.82 Å². The van der Waals surface area contributed by atoms with E-state index in [1.165, 1.54) is 6.07 Å². The van der Waals surface area contributed by atoms with Gasteiger partial charge in [0.05, 0.1) is 11.9 Å². The van der Waals surface area contributed by atoms with Crippen LogP contribution < -0.4 is 16.4 Å². The number of amides is 1. The molecule has 0 unspecified atom stereocenters. The molecule has 0 aliphatic heterocycles. The van der Waals surface area contributed by atoms with Crippen molar-refractivity contribution >= 4 is 17.4 Å². The summed E-state index contributed by atoms with van der Waals surface area (Å²) in [6, 6.07) is 10.0. The third kappa shape index (κ3) is 4.54. The first-order chi connectivity index (χ1) is 10.2. The summed E-state index contributed by atoms with van der Waals surface area (Å²) in [5, 5.41) is 5.71. The monoisotopic (exact) mass is 288 g/mol. The number of halogens is 1. The van der Waals surface area contributed by atoms with E-state index in [9.17, 15) is 9.18 Å². The zero-order valence-corrected chi connectivity index (χ0v) is 11.5. The van der Waals surface area contributed by atoms with Gasteiger partial charge in [-0.25, -0.2) is 9.37 Å². The van der Waals surface area contributed by atoms with Crippen molar-refractivity contribution < 1.29 is 9.18 Å². The van der Waals surface area contributed by atoms with E-state index in [0.29, 0.717) is 24.5 Å². The number of carbonyl (C=O) groups is 1. The van der Waals surface area contributed by atoms with Gasteiger partial charge in [-0.3, -0.25) is 4.79 Å². The molecule has 0 saturated carbocycles. The highest BCUT2D eigenvalue weighted by molar-refractivity contribution is 5.89. The predicted octanol–water partition coefficient (Wildman–Crippen LogP) is 2.12. The Morgan fingerprint density at radius 3 is 2.71 bits per heavy atom. The zero-order valence-electron chi connectivity index (χ0n) is 11.5. The van der Waals surface area contributed by atoms with Gasteiger partial charge in [-0.1, -0.05) is 18.2 Å². The fourth-order valence-electron chi connectivity index (χ4n) is 1.75. The largest absolute Gasteiger partial charge is 0.380 e. The molecule has 0 radical (unpaired) electrons. The Hall–Kier alpha value is -2.47. The van der Waals surface area contributed by atoms with Crippen LogP contribution in [0.25, 0.3) is 0 Å². The first-order valence-electron chi connectivity index (χ1n) is 6.62. The van der Waals surface area contributed by atoms with E-state index in [0.717, 1.165) is 5.69 Å². The maximum Gasteiger partial charge on any atom is 0.226 e. The molecule has 0 spiro atoms. The normalized spacial score (nSPS) is 10.2. The lowest BCUT2D eigenvalue weighted by atomic mass is 10.2. The first kappa shape index (κ1) is 14.9. The third-order valence-electron chi connectivity index (χ3n) is 2.84. The molecule has 4 N–H and O–H groups in total. The average Bonchev–Trinajstić information content (AvgIpc) is 2.48. The second-order valence-corrected chi connectivity index (χ2v) is 4.46. The Labute approximate surface area is 122 Å². The van der Waals surface area contributed by atoms with Gasteiger partial charge in [0.1, 0.15) is 11.6 Å². The van der Waals surface area contributed by atoms with Gasteiger partial charge >= 0.3 is 0 Å². The van der Waals surface area contributed by atoms with Crippen LogP contribution in [0.3, 0.4) is 0 Å². The highest BCUT2D eigenvalue weighted by atomic mass is 19.1. The smallest absolute Gasteiger partial charge is 0.226 e. The van der Waals surface area contributed by atoms with Crippen LogP contribution in [0.15, 0.2) is 42.6 Å². The number of nitrogens with one attached hydrogen (secondary N) is 2. The number of carbonyl (C=O) groups excluding carboxylic acids is 1. The van der Waals surface area contributed by atoms with Gasteiger partial charge in [0.2, 0.25) is 5.91 Å². The summed E-state index contributed by atoms with van der Waals surface area (Å²) in [6.07, 6.45) is 1.84. The molecule has 1 aromatic carbocycles. The van der Waals surface area contributed by atoms with Crippen LogP contribution >= 0.6 is 0 Å². The van der Waals surface area contributed by atoms with Gasteiger partial charge in [0.25, 0.3) is 0 Å². The predicted molar refractivity (Wildman–Crippen MR) is 80.3 cm³/mol. The Morgan fingerprint density at radius 1 is 1.24 bits per heavy atom. The van der Waals surface area contributed by atoms with Gasteiger partial charge in [-0.15, -0.1) is 0 Å². The highest BCUT2D eigenvalue weighted by Gasteiger charge is 2.03. The number of pyridine rings is 1. The highest BCUT2D eigenvalue weighted by Crippen LogP contribution is 2.13. The minimum Gasteiger partial charge on any atom is -0.380 e. The summed E-state index contributed by atoms with van der Waals surface area (Å²) in [5.74, 6) is 0.0468. The van der Waals surface area contributed by atoms with Gasteiger partial charge in [-0.05, 0) is 18.2 Å². The van der Waals surface area contributed by atoms with Crippen LogP contribution in [-0.2, 0) is 11.3 Å². The number of aromatic nitrogens is 1. The summed E-state index contributed by atoms with van der Waals surface area (Å²) >= 11 is 0. The van der Waals surface area contributed by atoms with Crippen molar-refractivity contribution in [2.45, 2.75) is 13.0 Å². The maximum atomic E-state index is 13.5. The number of anilines is 2. The number of nitrogens with zero attached hydrogens (tertiary/aromatic N) is 1. The van der Waals surface area contributed by atoms with Crippen molar-refractivity contribution in [3.63, 3.8) is 0 Å². The van der Waals surface area contributed by atoms with Crippen LogP contribution in [0.5, 0.6) is 0 Å². The first-order valence-corrected chi connectivity index (χ1v) is 6.62. The van der Waals surface area contributed by atoms with Crippen LogP contribution in [-0.4, -0.2) is 17.4 Å². The summed E-state index contributed by atoms with van der Waals surface area (Å²) in [6.45, 7) is 0.668. The maximum absolute atomic E-state index is 13.5. The van der Waals surface area contributed by atoms with Gasteiger partial charge < -0.3 is 16.4 Å².